The van der Waals surface area contributed by atoms with Gasteiger partial charge in [-0.15, -0.1) is 13.2 Å². The molecule has 0 radical (unpaired) electrons. The molecule has 0 amide bonds. The van der Waals surface area contributed by atoms with Gasteiger partial charge in [-0.1, -0.05) is 12.1 Å². The minimum atomic E-state index is -4.49. The Morgan fingerprint density at radius 3 is 2.91 bits per heavy atom. The SMILES string of the molecule is FC(F)(F)n1cc(-c2ccc3c(c2)CO[C@H]2CCCN[C@@H]32)cn1. The minimum Gasteiger partial charge on any atom is -0.372 e. The Labute approximate surface area is 131 Å². The van der Waals surface area contributed by atoms with Gasteiger partial charge >= 0.3 is 6.30 Å². The highest BCUT2D eigenvalue weighted by molar-refractivity contribution is 5.64. The van der Waals surface area contributed by atoms with Crippen LogP contribution in [0.4, 0.5) is 13.2 Å². The smallest absolute Gasteiger partial charge is 0.372 e. The lowest BCUT2D eigenvalue weighted by atomic mass is 9.88. The molecule has 0 unspecified atom stereocenters. The summed E-state index contributed by atoms with van der Waals surface area (Å²) >= 11 is 0. The molecular weight excluding hydrogens is 307 g/mol. The van der Waals surface area contributed by atoms with Gasteiger partial charge < -0.3 is 10.1 Å². The normalized spacial score (nSPS) is 24.1. The number of benzene rings is 1. The number of alkyl halides is 3. The van der Waals surface area contributed by atoms with Crippen LogP contribution in [0.5, 0.6) is 0 Å². The largest absolute Gasteiger partial charge is 0.504 e. The fourth-order valence-corrected chi connectivity index (χ4v) is 3.37. The van der Waals surface area contributed by atoms with Crippen molar-refractivity contribution >= 4 is 0 Å². The van der Waals surface area contributed by atoms with Crippen LogP contribution >= 0.6 is 0 Å². The highest BCUT2D eigenvalue weighted by Gasteiger charge is 2.33. The van der Waals surface area contributed by atoms with Crippen LogP contribution in [0.1, 0.15) is 30.0 Å². The number of nitrogens with one attached hydrogen (secondary N) is 1. The minimum absolute atomic E-state index is 0.0248. The molecule has 0 aliphatic carbocycles. The predicted molar refractivity (Wildman–Crippen MR) is 77.5 cm³/mol. The summed E-state index contributed by atoms with van der Waals surface area (Å²) in [5.41, 5.74) is 3.38. The molecular formula is C16H16F3N3O. The van der Waals surface area contributed by atoms with Crippen LogP contribution in [0.3, 0.4) is 0 Å². The summed E-state index contributed by atoms with van der Waals surface area (Å²) in [5, 5.41) is 6.86. The average molecular weight is 323 g/mol. The van der Waals surface area contributed by atoms with Gasteiger partial charge in [-0.3, -0.25) is 0 Å². The Balaban J connectivity index is 1.66. The highest BCUT2D eigenvalue weighted by Crippen LogP contribution is 2.36. The van der Waals surface area contributed by atoms with E-state index in [-0.39, 0.29) is 16.8 Å². The molecule has 0 bridgehead atoms. The monoisotopic (exact) mass is 323 g/mol. The molecule has 0 saturated carbocycles. The predicted octanol–water partition coefficient (Wildman–Crippen LogP) is 3.35. The van der Waals surface area contributed by atoms with E-state index in [0.717, 1.165) is 36.7 Å². The van der Waals surface area contributed by atoms with Crippen molar-refractivity contribution in [2.45, 2.75) is 37.9 Å². The van der Waals surface area contributed by atoms with Crippen molar-refractivity contribution in [2.75, 3.05) is 6.54 Å². The van der Waals surface area contributed by atoms with Crippen LogP contribution in [0.25, 0.3) is 11.1 Å². The summed E-state index contributed by atoms with van der Waals surface area (Å²) in [7, 11) is 0. The van der Waals surface area contributed by atoms with Crippen molar-refractivity contribution in [3.63, 3.8) is 0 Å². The number of hydrogen-bond donors (Lipinski definition) is 1. The van der Waals surface area contributed by atoms with Gasteiger partial charge in [0.05, 0.1) is 24.9 Å². The Morgan fingerprint density at radius 2 is 2.13 bits per heavy atom. The highest BCUT2D eigenvalue weighted by atomic mass is 19.4. The number of halogens is 3. The lowest BCUT2D eigenvalue weighted by Gasteiger charge is -2.38. The first kappa shape index (κ1) is 14.7. The van der Waals surface area contributed by atoms with E-state index >= 15 is 0 Å². The third kappa shape index (κ3) is 2.64. The van der Waals surface area contributed by atoms with E-state index in [9.17, 15) is 13.2 Å². The maximum absolute atomic E-state index is 12.6. The first-order valence-electron chi connectivity index (χ1n) is 7.62. The molecule has 3 heterocycles. The van der Waals surface area contributed by atoms with Gasteiger partial charge in [0.1, 0.15) is 0 Å². The Hall–Kier alpha value is -1.86. The molecule has 2 atom stereocenters. The number of ether oxygens (including phenoxy) is 1. The van der Waals surface area contributed by atoms with Crippen LogP contribution in [-0.2, 0) is 17.6 Å². The number of nitrogens with zero attached hydrogens (tertiary/aromatic N) is 2. The Bertz CT molecular complexity index is 726. The molecule has 1 N–H and O–H groups in total. The molecule has 7 heteroatoms. The zero-order valence-electron chi connectivity index (χ0n) is 12.3. The molecule has 1 aromatic carbocycles. The van der Waals surface area contributed by atoms with Crippen molar-refractivity contribution in [3.05, 3.63) is 41.7 Å². The van der Waals surface area contributed by atoms with Gasteiger partial charge in [0.25, 0.3) is 0 Å². The lowest BCUT2D eigenvalue weighted by Crippen LogP contribution is -2.42. The third-order valence-corrected chi connectivity index (χ3v) is 4.51. The number of aromatic nitrogens is 2. The summed E-state index contributed by atoms with van der Waals surface area (Å²) < 4.78 is 43.9. The molecule has 1 aromatic heterocycles. The topological polar surface area (TPSA) is 39.1 Å². The van der Waals surface area contributed by atoms with Crippen molar-refractivity contribution < 1.29 is 17.9 Å². The number of fused-ring (bicyclic) bond motifs is 3. The standard InChI is InChI=1S/C16H16F3N3O/c17-16(18,19)22-8-12(7-21-22)10-3-4-13-11(6-10)9-23-14-2-1-5-20-15(13)14/h3-4,6-8,14-15,20H,1-2,5,9H2/t14-,15-/m0/s1. The number of rotatable bonds is 1. The second-order valence-corrected chi connectivity index (χ2v) is 5.98. The Morgan fingerprint density at radius 1 is 1.26 bits per heavy atom. The summed E-state index contributed by atoms with van der Waals surface area (Å²) in [6.07, 6.45) is 0.0836. The molecule has 122 valence electrons. The second-order valence-electron chi connectivity index (χ2n) is 5.98. The van der Waals surface area contributed by atoms with Gasteiger partial charge in [0, 0.05) is 11.8 Å². The average Bonchev–Trinajstić information content (AvgIpc) is 3.04. The first-order chi connectivity index (χ1) is 11.0. The Kier molecular flexibility index (Phi) is 3.42. The fraction of sp³-hybridized carbons (Fsp3) is 0.438. The van der Waals surface area contributed by atoms with E-state index in [4.69, 9.17) is 4.74 Å². The third-order valence-electron chi connectivity index (χ3n) is 4.51. The van der Waals surface area contributed by atoms with E-state index in [0.29, 0.717) is 12.2 Å². The van der Waals surface area contributed by atoms with Crippen molar-refractivity contribution in [2.24, 2.45) is 0 Å². The second kappa shape index (κ2) is 5.35. The van der Waals surface area contributed by atoms with Crippen LogP contribution < -0.4 is 5.32 Å². The molecule has 4 rings (SSSR count). The van der Waals surface area contributed by atoms with Crippen LogP contribution in [0.15, 0.2) is 30.6 Å². The quantitative estimate of drug-likeness (QED) is 0.875. The zero-order chi connectivity index (χ0) is 16.0. The van der Waals surface area contributed by atoms with Crippen molar-refractivity contribution in [3.8, 4) is 11.1 Å². The fourth-order valence-electron chi connectivity index (χ4n) is 3.37. The molecule has 23 heavy (non-hydrogen) atoms. The van der Waals surface area contributed by atoms with Gasteiger partial charge in [-0.05, 0) is 42.1 Å². The number of piperidine rings is 1. The van der Waals surface area contributed by atoms with Crippen LogP contribution in [-0.4, -0.2) is 22.4 Å². The van der Waals surface area contributed by atoms with Crippen molar-refractivity contribution in [1.82, 2.24) is 15.1 Å². The first-order valence-corrected chi connectivity index (χ1v) is 7.62. The van der Waals surface area contributed by atoms with Gasteiger partial charge in [0.2, 0.25) is 0 Å². The van der Waals surface area contributed by atoms with E-state index in [1.807, 2.05) is 18.2 Å². The molecule has 2 aliphatic heterocycles. The summed E-state index contributed by atoms with van der Waals surface area (Å²) in [6, 6.07) is 5.93. The van der Waals surface area contributed by atoms with E-state index in [2.05, 4.69) is 10.4 Å². The van der Waals surface area contributed by atoms with Gasteiger partial charge in [-0.25, -0.2) is 0 Å². The van der Waals surface area contributed by atoms with Gasteiger partial charge in [0.15, 0.2) is 0 Å². The maximum atomic E-state index is 12.6. The van der Waals surface area contributed by atoms with E-state index < -0.39 is 6.30 Å². The molecule has 4 nitrogen and oxygen atoms in total. The maximum Gasteiger partial charge on any atom is 0.504 e. The van der Waals surface area contributed by atoms with Crippen LogP contribution in [0, 0.1) is 0 Å². The molecule has 1 saturated heterocycles. The lowest BCUT2D eigenvalue weighted by molar-refractivity contribution is -0.212. The van der Waals surface area contributed by atoms with Crippen molar-refractivity contribution in [1.29, 1.82) is 0 Å². The summed E-state index contributed by atoms with van der Waals surface area (Å²) in [5.74, 6) is 0. The number of hydrogen-bond acceptors (Lipinski definition) is 3. The zero-order valence-corrected chi connectivity index (χ0v) is 12.3. The molecule has 2 aliphatic rings. The van der Waals surface area contributed by atoms with Crippen LogP contribution in [0.2, 0.25) is 0 Å². The van der Waals surface area contributed by atoms with E-state index in [1.54, 1.807) is 0 Å². The molecule has 2 aromatic rings. The summed E-state index contributed by atoms with van der Waals surface area (Å²) in [6.45, 7) is 1.46. The van der Waals surface area contributed by atoms with Gasteiger partial charge in [-0.2, -0.15) is 9.78 Å². The van der Waals surface area contributed by atoms with E-state index in [1.165, 1.54) is 11.8 Å². The molecule has 1 fully saturated rings. The molecule has 0 spiro atoms. The summed E-state index contributed by atoms with van der Waals surface area (Å²) in [4.78, 5) is 0.